The molecule has 0 radical (unpaired) electrons. The number of amidine groups is 1. The van der Waals surface area contributed by atoms with E-state index in [9.17, 15) is 13.2 Å². The third-order valence-corrected chi connectivity index (χ3v) is 7.94. The van der Waals surface area contributed by atoms with Crippen LogP contribution in [0.25, 0.3) is 21.2 Å². The fourth-order valence-electron chi connectivity index (χ4n) is 3.47. The van der Waals surface area contributed by atoms with Gasteiger partial charge in [-0.3, -0.25) is 9.79 Å². The standard InChI is InChI=1S/C20H21N3O3S2/c1-23-12-16(13-5-3-2-4-6-13)18-15(20(23)24)11-17(27-18)19(21)22-14-7-9-28(25,26)10-8-14/h2-6,11-12,14H,7-10H2,1H3,(H2,21,22). The van der Waals surface area contributed by atoms with Gasteiger partial charge in [-0.25, -0.2) is 8.42 Å². The van der Waals surface area contributed by atoms with Gasteiger partial charge in [0, 0.05) is 23.5 Å². The number of nitrogens with two attached hydrogens (primary N) is 1. The molecule has 0 saturated carbocycles. The predicted octanol–water partition coefficient (Wildman–Crippen LogP) is 2.55. The summed E-state index contributed by atoms with van der Waals surface area (Å²) < 4.78 is 25.7. The number of aromatic nitrogens is 1. The highest BCUT2D eigenvalue weighted by atomic mass is 32.2. The zero-order valence-corrected chi connectivity index (χ0v) is 17.1. The number of hydrogen-bond acceptors (Lipinski definition) is 5. The molecule has 4 rings (SSSR count). The van der Waals surface area contributed by atoms with E-state index in [0.29, 0.717) is 24.1 Å². The number of benzene rings is 1. The molecule has 1 fully saturated rings. The third kappa shape index (κ3) is 3.62. The number of hydrogen-bond donors (Lipinski definition) is 1. The van der Waals surface area contributed by atoms with Crippen LogP contribution in [-0.4, -0.2) is 36.4 Å². The lowest BCUT2D eigenvalue weighted by Crippen LogP contribution is -2.27. The van der Waals surface area contributed by atoms with Crippen LogP contribution in [0, 0.1) is 0 Å². The summed E-state index contributed by atoms with van der Waals surface area (Å²) in [5, 5.41) is 0.619. The van der Waals surface area contributed by atoms with Crippen LogP contribution < -0.4 is 11.3 Å². The number of thiophene rings is 1. The Bertz CT molecular complexity index is 1210. The summed E-state index contributed by atoms with van der Waals surface area (Å²) in [6, 6.07) is 11.6. The van der Waals surface area contributed by atoms with E-state index in [2.05, 4.69) is 4.99 Å². The SMILES string of the molecule is Cn1cc(-c2ccccc2)c2sc(C(N)=NC3CCS(=O)(=O)CC3)cc2c1=O. The lowest BCUT2D eigenvalue weighted by atomic mass is 10.1. The van der Waals surface area contributed by atoms with Crippen molar-refractivity contribution in [3.05, 3.63) is 57.8 Å². The summed E-state index contributed by atoms with van der Waals surface area (Å²) in [5.74, 6) is 0.672. The van der Waals surface area contributed by atoms with Gasteiger partial charge in [0.15, 0.2) is 0 Å². The molecule has 0 spiro atoms. The molecule has 0 bridgehead atoms. The Morgan fingerprint density at radius 3 is 2.57 bits per heavy atom. The number of sulfone groups is 1. The van der Waals surface area contributed by atoms with Gasteiger partial charge in [-0.1, -0.05) is 30.3 Å². The zero-order valence-electron chi connectivity index (χ0n) is 15.5. The Labute approximate surface area is 167 Å². The van der Waals surface area contributed by atoms with Crippen LogP contribution in [0.1, 0.15) is 17.7 Å². The molecule has 1 aromatic carbocycles. The molecule has 0 amide bonds. The van der Waals surface area contributed by atoms with E-state index in [0.717, 1.165) is 20.7 Å². The van der Waals surface area contributed by atoms with E-state index in [-0.39, 0.29) is 23.1 Å². The van der Waals surface area contributed by atoms with Crippen LogP contribution in [-0.2, 0) is 16.9 Å². The first-order valence-electron chi connectivity index (χ1n) is 9.07. The van der Waals surface area contributed by atoms with Crippen molar-refractivity contribution < 1.29 is 8.42 Å². The highest BCUT2D eigenvalue weighted by Gasteiger charge is 2.24. The minimum absolute atomic E-state index is 0.0752. The summed E-state index contributed by atoms with van der Waals surface area (Å²) in [4.78, 5) is 17.9. The Balaban J connectivity index is 1.76. The molecule has 6 nitrogen and oxygen atoms in total. The molecule has 1 aliphatic heterocycles. The maximum atomic E-state index is 12.6. The van der Waals surface area contributed by atoms with E-state index in [4.69, 9.17) is 5.73 Å². The van der Waals surface area contributed by atoms with Gasteiger partial charge in [0.05, 0.1) is 27.8 Å². The highest BCUT2D eigenvalue weighted by molar-refractivity contribution is 7.91. The first-order chi connectivity index (χ1) is 13.3. The van der Waals surface area contributed by atoms with E-state index >= 15 is 0 Å². The van der Waals surface area contributed by atoms with Crippen LogP contribution in [0.15, 0.2) is 52.4 Å². The van der Waals surface area contributed by atoms with Crippen molar-refractivity contribution in [2.45, 2.75) is 18.9 Å². The van der Waals surface area contributed by atoms with Crippen LogP contribution in [0.2, 0.25) is 0 Å². The molecule has 0 aliphatic carbocycles. The van der Waals surface area contributed by atoms with Crippen LogP contribution >= 0.6 is 11.3 Å². The van der Waals surface area contributed by atoms with Gasteiger partial charge in [0.2, 0.25) is 0 Å². The van der Waals surface area contributed by atoms with E-state index in [1.807, 2.05) is 36.5 Å². The van der Waals surface area contributed by atoms with Crippen LogP contribution in [0.4, 0.5) is 0 Å². The third-order valence-electron chi connectivity index (χ3n) is 5.03. The van der Waals surface area contributed by atoms with Crippen molar-refractivity contribution >= 4 is 37.1 Å². The van der Waals surface area contributed by atoms with Gasteiger partial charge in [-0.15, -0.1) is 11.3 Å². The number of rotatable bonds is 3. The molecule has 0 atom stereocenters. The summed E-state index contributed by atoms with van der Waals surface area (Å²) in [6.45, 7) is 0. The fourth-order valence-corrected chi connectivity index (χ4v) is 6.02. The number of fused-ring (bicyclic) bond motifs is 1. The van der Waals surface area contributed by atoms with Crippen molar-refractivity contribution in [2.75, 3.05) is 11.5 Å². The van der Waals surface area contributed by atoms with Crippen molar-refractivity contribution in [1.29, 1.82) is 0 Å². The van der Waals surface area contributed by atoms with E-state index in [1.165, 1.54) is 11.3 Å². The van der Waals surface area contributed by atoms with Crippen molar-refractivity contribution in [1.82, 2.24) is 4.57 Å². The summed E-state index contributed by atoms with van der Waals surface area (Å²) in [6.07, 6.45) is 2.83. The average molecular weight is 416 g/mol. The second-order valence-corrected chi connectivity index (χ2v) is 10.4. The van der Waals surface area contributed by atoms with E-state index < -0.39 is 9.84 Å². The van der Waals surface area contributed by atoms with Gasteiger partial charge in [0.25, 0.3) is 5.56 Å². The molecule has 0 unspecified atom stereocenters. The monoisotopic (exact) mass is 415 g/mol. The lowest BCUT2D eigenvalue weighted by molar-refractivity contribution is 0.548. The normalized spacial score (nSPS) is 17.8. The van der Waals surface area contributed by atoms with Gasteiger partial charge in [-0.2, -0.15) is 0 Å². The number of aliphatic imine (C=N–C) groups is 1. The largest absolute Gasteiger partial charge is 0.383 e. The Hall–Kier alpha value is -2.45. The average Bonchev–Trinajstić information content (AvgIpc) is 3.13. The maximum Gasteiger partial charge on any atom is 0.259 e. The van der Waals surface area contributed by atoms with Crippen molar-refractivity contribution in [3.63, 3.8) is 0 Å². The fraction of sp³-hybridized carbons (Fsp3) is 0.300. The quantitative estimate of drug-likeness (QED) is 0.525. The molecule has 2 N–H and O–H groups in total. The molecule has 1 aliphatic rings. The van der Waals surface area contributed by atoms with Crippen molar-refractivity contribution in [3.8, 4) is 11.1 Å². The van der Waals surface area contributed by atoms with Crippen molar-refractivity contribution in [2.24, 2.45) is 17.8 Å². The number of aryl methyl sites for hydroxylation is 1. The molecule has 8 heteroatoms. The topological polar surface area (TPSA) is 94.5 Å². The maximum absolute atomic E-state index is 12.6. The Kier molecular flexibility index (Phi) is 4.84. The second kappa shape index (κ2) is 7.18. The second-order valence-electron chi connectivity index (χ2n) is 7.08. The Morgan fingerprint density at radius 2 is 1.89 bits per heavy atom. The molecule has 3 aromatic rings. The van der Waals surface area contributed by atoms with Crippen LogP contribution in [0.3, 0.4) is 0 Å². The molecule has 28 heavy (non-hydrogen) atoms. The molecular formula is C20H21N3O3S2. The van der Waals surface area contributed by atoms with Gasteiger partial charge >= 0.3 is 0 Å². The van der Waals surface area contributed by atoms with Crippen LogP contribution in [0.5, 0.6) is 0 Å². The number of nitrogens with zero attached hydrogens (tertiary/aromatic N) is 2. The smallest absolute Gasteiger partial charge is 0.259 e. The summed E-state index contributed by atoms with van der Waals surface area (Å²) in [7, 11) is -1.19. The predicted molar refractivity (Wildman–Crippen MR) is 115 cm³/mol. The molecule has 2 aromatic heterocycles. The van der Waals surface area contributed by atoms with Gasteiger partial charge < -0.3 is 10.3 Å². The minimum atomic E-state index is -2.93. The Morgan fingerprint density at radius 1 is 1.21 bits per heavy atom. The first kappa shape index (κ1) is 18.9. The highest BCUT2D eigenvalue weighted by Crippen LogP contribution is 2.33. The van der Waals surface area contributed by atoms with Gasteiger partial charge in [-0.05, 0) is 24.5 Å². The lowest BCUT2D eigenvalue weighted by Gasteiger charge is -2.18. The van der Waals surface area contributed by atoms with Gasteiger partial charge in [0.1, 0.15) is 15.7 Å². The molecular weight excluding hydrogens is 394 g/mol. The molecule has 146 valence electrons. The molecule has 1 saturated heterocycles. The summed E-state index contributed by atoms with van der Waals surface area (Å²) in [5.41, 5.74) is 8.17. The van der Waals surface area contributed by atoms with E-state index in [1.54, 1.807) is 17.7 Å². The number of pyridine rings is 1. The minimum Gasteiger partial charge on any atom is -0.383 e. The zero-order chi connectivity index (χ0) is 19.9. The first-order valence-corrected chi connectivity index (χ1v) is 11.7. The molecule has 3 heterocycles. The summed E-state index contributed by atoms with van der Waals surface area (Å²) >= 11 is 1.45.